The van der Waals surface area contributed by atoms with Gasteiger partial charge in [0.1, 0.15) is 12.1 Å². The van der Waals surface area contributed by atoms with E-state index in [0.717, 1.165) is 11.3 Å². The minimum absolute atomic E-state index is 0.0101. The molecule has 3 amide bonds. The second kappa shape index (κ2) is 11.4. The van der Waals surface area contributed by atoms with E-state index in [1.807, 2.05) is 96.8 Å². The lowest BCUT2D eigenvalue weighted by Crippen LogP contribution is -2.57. The molecule has 3 aromatic rings. The van der Waals surface area contributed by atoms with Crippen LogP contribution in [0.4, 0.5) is 5.69 Å². The number of carbonyl (C=O) groups excluding carboxylic acids is 3. The summed E-state index contributed by atoms with van der Waals surface area (Å²) in [5.74, 6) is -0.250. The summed E-state index contributed by atoms with van der Waals surface area (Å²) in [5.41, 5.74) is 3.03. The minimum Gasteiger partial charge on any atom is -0.348 e. The van der Waals surface area contributed by atoms with Gasteiger partial charge in [-0.1, -0.05) is 81.4 Å². The smallest absolute Gasteiger partial charge is 0.253 e. The number of anilines is 1. The summed E-state index contributed by atoms with van der Waals surface area (Å²) >= 11 is 0. The Balaban J connectivity index is 1.30. The van der Waals surface area contributed by atoms with E-state index in [2.05, 4.69) is 31.0 Å². The molecule has 1 unspecified atom stereocenters. The van der Waals surface area contributed by atoms with Gasteiger partial charge in [-0.15, -0.1) is 0 Å². The summed E-state index contributed by atoms with van der Waals surface area (Å²) in [5, 5.41) is 3.04. The molecule has 41 heavy (non-hydrogen) atoms. The lowest BCUT2D eigenvalue weighted by Gasteiger charge is -2.43. The van der Waals surface area contributed by atoms with Crippen molar-refractivity contribution < 1.29 is 14.4 Å². The molecule has 1 spiro atoms. The van der Waals surface area contributed by atoms with Crippen molar-refractivity contribution in [3.8, 4) is 0 Å². The van der Waals surface area contributed by atoms with Crippen LogP contribution in [0.1, 0.15) is 68.1 Å². The number of nitrogens with zero attached hydrogens (tertiary/aromatic N) is 3. The first-order valence-corrected chi connectivity index (χ1v) is 14.4. The zero-order valence-corrected chi connectivity index (χ0v) is 24.5. The first-order valence-electron chi connectivity index (χ1n) is 14.4. The maximum atomic E-state index is 14.0. The van der Waals surface area contributed by atoms with Crippen molar-refractivity contribution in [1.29, 1.82) is 0 Å². The third-order valence-corrected chi connectivity index (χ3v) is 8.47. The average Bonchev–Trinajstić information content (AvgIpc) is 3.23. The summed E-state index contributed by atoms with van der Waals surface area (Å²) in [4.78, 5) is 46.1. The molecule has 2 heterocycles. The number of amides is 3. The number of nitrogens with one attached hydrogen (secondary N) is 1. The summed E-state index contributed by atoms with van der Waals surface area (Å²) < 4.78 is 0. The van der Waals surface area contributed by atoms with Gasteiger partial charge in [0.05, 0.1) is 12.7 Å². The normalized spacial score (nSPS) is 17.6. The highest BCUT2D eigenvalue weighted by molar-refractivity contribution is 5.97. The Bertz CT molecular complexity index is 1370. The van der Waals surface area contributed by atoms with Crippen LogP contribution in [-0.4, -0.2) is 59.4 Å². The van der Waals surface area contributed by atoms with E-state index in [4.69, 9.17) is 0 Å². The molecule has 1 N–H and O–H groups in total. The fourth-order valence-electron chi connectivity index (χ4n) is 5.98. The van der Waals surface area contributed by atoms with Crippen LogP contribution in [-0.2, 0) is 15.0 Å². The van der Waals surface area contributed by atoms with E-state index in [1.165, 1.54) is 5.56 Å². The van der Waals surface area contributed by atoms with Crippen LogP contribution in [0.3, 0.4) is 0 Å². The van der Waals surface area contributed by atoms with Gasteiger partial charge in [-0.2, -0.15) is 0 Å². The van der Waals surface area contributed by atoms with Gasteiger partial charge in [0, 0.05) is 24.3 Å². The third kappa shape index (κ3) is 5.85. The standard InChI is InChI=1S/C34H40N4O3/c1-25(26-11-7-5-8-12-26)35-30(39)23-37-24-38(29-13-9-6-10-14-29)34(32(37)41)19-21-36(22-20-34)31(40)27-15-17-28(18-16-27)33(2,3)4/h5-18,25H,19-24H2,1-4H3,(H,35,39). The molecule has 0 aliphatic carbocycles. The minimum atomic E-state index is -0.792. The Hall–Kier alpha value is -4.13. The van der Waals surface area contributed by atoms with Crippen LogP contribution in [0.5, 0.6) is 0 Å². The quantitative estimate of drug-likeness (QED) is 0.460. The van der Waals surface area contributed by atoms with Gasteiger partial charge in [0.15, 0.2) is 0 Å². The molecular weight excluding hydrogens is 512 g/mol. The van der Waals surface area contributed by atoms with Crippen molar-refractivity contribution in [3.63, 3.8) is 0 Å². The van der Waals surface area contributed by atoms with Crippen LogP contribution in [0, 0.1) is 0 Å². The maximum Gasteiger partial charge on any atom is 0.253 e. The van der Waals surface area contributed by atoms with Crippen molar-refractivity contribution in [2.45, 2.75) is 57.5 Å². The van der Waals surface area contributed by atoms with Gasteiger partial charge >= 0.3 is 0 Å². The molecule has 2 fully saturated rings. The zero-order valence-electron chi connectivity index (χ0n) is 24.5. The van der Waals surface area contributed by atoms with Gasteiger partial charge in [0.2, 0.25) is 5.91 Å². The number of benzene rings is 3. The molecule has 5 rings (SSSR count). The number of hydrogen-bond acceptors (Lipinski definition) is 4. The first-order chi connectivity index (χ1) is 19.6. The molecule has 0 saturated carbocycles. The second-order valence-corrected chi connectivity index (χ2v) is 12.3. The molecule has 1 atom stereocenters. The molecule has 0 aromatic heterocycles. The van der Waals surface area contributed by atoms with Crippen LogP contribution in [0.2, 0.25) is 0 Å². The van der Waals surface area contributed by atoms with Crippen LogP contribution in [0.15, 0.2) is 84.9 Å². The highest BCUT2D eigenvalue weighted by atomic mass is 16.2. The van der Waals surface area contributed by atoms with Gasteiger partial charge < -0.3 is 20.0 Å². The summed E-state index contributed by atoms with van der Waals surface area (Å²) in [7, 11) is 0. The molecule has 7 nitrogen and oxygen atoms in total. The Morgan fingerprint density at radius 1 is 0.878 bits per heavy atom. The van der Waals surface area contributed by atoms with E-state index in [1.54, 1.807) is 4.90 Å². The van der Waals surface area contributed by atoms with Gasteiger partial charge in [-0.3, -0.25) is 14.4 Å². The molecule has 2 aliphatic rings. The number of carbonyl (C=O) groups is 3. The number of piperidine rings is 1. The third-order valence-electron chi connectivity index (χ3n) is 8.47. The zero-order chi connectivity index (χ0) is 29.2. The van der Waals surface area contributed by atoms with Crippen molar-refractivity contribution in [3.05, 3.63) is 102 Å². The molecule has 0 bridgehead atoms. The van der Waals surface area contributed by atoms with Crippen molar-refractivity contribution in [2.24, 2.45) is 0 Å². The first kappa shape index (κ1) is 28.4. The van der Waals surface area contributed by atoms with E-state index in [-0.39, 0.29) is 35.7 Å². The van der Waals surface area contributed by atoms with Crippen molar-refractivity contribution >= 4 is 23.4 Å². The second-order valence-electron chi connectivity index (χ2n) is 12.3. The van der Waals surface area contributed by atoms with E-state index in [9.17, 15) is 14.4 Å². The molecule has 2 saturated heterocycles. The van der Waals surface area contributed by atoms with Crippen molar-refractivity contribution in [1.82, 2.24) is 15.1 Å². The molecule has 3 aromatic carbocycles. The number of para-hydroxylation sites is 1. The number of hydrogen-bond donors (Lipinski definition) is 1. The predicted octanol–water partition coefficient (Wildman–Crippen LogP) is 5.14. The van der Waals surface area contributed by atoms with E-state index < -0.39 is 5.54 Å². The van der Waals surface area contributed by atoms with Crippen LogP contribution >= 0.6 is 0 Å². The molecule has 2 aliphatic heterocycles. The lowest BCUT2D eigenvalue weighted by molar-refractivity contribution is -0.137. The highest BCUT2D eigenvalue weighted by Gasteiger charge is 2.54. The summed E-state index contributed by atoms with van der Waals surface area (Å²) in [6.07, 6.45) is 1.01. The Morgan fingerprint density at radius 2 is 1.46 bits per heavy atom. The molecule has 214 valence electrons. The number of rotatable bonds is 6. The SMILES string of the molecule is CC(NC(=O)CN1CN(c2ccccc2)C2(CCN(C(=O)c3ccc(C(C)(C)C)cc3)CC2)C1=O)c1ccccc1. The summed E-state index contributed by atoms with van der Waals surface area (Å²) in [6.45, 7) is 9.67. The van der Waals surface area contributed by atoms with E-state index in [0.29, 0.717) is 38.2 Å². The van der Waals surface area contributed by atoms with Gasteiger partial charge in [-0.05, 0) is 60.6 Å². The van der Waals surface area contributed by atoms with Crippen LogP contribution in [0.25, 0.3) is 0 Å². The predicted molar refractivity (Wildman–Crippen MR) is 162 cm³/mol. The molecular formula is C34H40N4O3. The lowest BCUT2D eigenvalue weighted by atomic mass is 9.84. The summed E-state index contributed by atoms with van der Waals surface area (Å²) in [6, 6.07) is 27.4. The Morgan fingerprint density at radius 3 is 2.05 bits per heavy atom. The van der Waals surface area contributed by atoms with Gasteiger partial charge in [0.25, 0.3) is 11.8 Å². The fraction of sp³-hybridized carbons (Fsp3) is 0.382. The highest BCUT2D eigenvalue weighted by Crippen LogP contribution is 2.39. The van der Waals surface area contributed by atoms with E-state index >= 15 is 0 Å². The monoisotopic (exact) mass is 552 g/mol. The largest absolute Gasteiger partial charge is 0.348 e. The Labute approximate surface area is 243 Å². The maximum absolute atomic E-state index is 14.0. The average molecular weight is 553 g/mol. The molecule has 7 heteroatoms. The number of likely N-dealkylation sites (tertiary alicyclic amines) is 1. The topological polar surface area (TPSA) is 73.0 Å². The van der Waals surface area contributed by atoms with Crippen molar-refractivity contribution in [2.75, 3.05) is 31.2 Å². The molecule has 0 radical (unpaired) electrons. The van der Waals surface area contributed by atoms with Gasteiger partial charge in [-0.25, -0.2) is 0 Å². The Kier molecular flexibility index (Phi) is 7.89. The van der Waals surface area contributed by atoms with Crippen LogP contribution < -0.4 is 10.2 Å². The fourth-order valence-corrected chi connectivity index (χ4v) is 5.98.